The molecule has 1 N–H and O–H groups in total. The summed E-state index contributed by atoms with van der Waals surface area (Å²) in [6.07, 6.45) is 2.75. The van der Waals surface area contributed by atoms with E-state index < -0.39 is 6.10 Å². The van der Waals surface area contributed by atoms with E-state index in [4.69, 9.17) is 11.6 Å². The lowest BCUT2D eigenvalue weighted by Gasteiger charge is -2.09. The number of hydrogen-bond acceptors (Lipinski definition) is 2. The summed E-state index contributed by atoms with van der Waals surface area (Å²) in [7, 11) is 0. The Morgan fingerprint density at radius 2 is 1.86 bits per heavy atom. The maximum Gasteiger partial charge on any atom is 0.107 e. The molecule has 2 aromatic carbocycles. The van der Waals surface area contributed by atoms with Gasteiger partial charge in [-0.05, 0) is 45.8 Å². The molecule has 1 aromatic heterocycles. The largest absolute Gasteiger partial charge is 0.384 e. The molecule has 106 valence electrons. The number of benzene rings is 2. The minimum atomic E-state index is -0.740. The van der Waals surface area contributed by atoms with Crippen molar-refractivity contribution in [3.63, 3.8) is 0 Å². The van der Waals surface area contributed by atoms with Gasteiger partial charge in [-0.3, -0.25) is 0 Å². The van der Waals surface area contributed by atoms with Crippen LogP contribution in [-0.2, 0) is 0 Å². The molecule has 1 atom stereocenters. The van der Waals surface area contributed by atoms with Crippen LogP contribution in [0.2, 0.25) is 5.02 Å². The zero-order valence-corrected chi connectivity index (χ0v) is 13.3. The molecular weight excluding hydrogens is 352 g/mol. The van der Waals surface area contributed by atoms with Gasteiger partial charge in [0.2, 0.25) is 0 Å². The number of aliphatic hydroxyl groups excluding tert-OH is 1. The van der Waals surface area contributed by atoms with Crippen molar-refractivity contribution in [3.05, 3.63) is 81.5 Å². The quantitative estimate of drug-likeness (QED) is 0.750. The van der Waals surface area contributed by atoms with Gasteiger partial charge in [-0.1, -0.05) is 35.9 Å². The van der Waals surface area contributed by atoms with Crippen LogP contribution in [0.4, 0.5) is 0 Å². The molecule has 0 fully saturated rings. The average Bonchev–Trinajstić information content (AvgIpc) is 3.00. The number of aromatic nitrogens is 2. The van der Waals surface area contributed by atoms with E-state index in [9.17, 15) is 5.11 Å². The first-order valence-corrected chi connectivity index (χ1v) is 7.55. The monoisotopic (exact) mass is 362 g/mol. The molecule has 21 heavy (non-hydrogen) atoms. The van der Waals surface area contributed by atoms with Gasteiger partial charge in [-0.25, -0.2) is 4.68 Å². The molecule has 5 heteroatoms. The van der Waals surface area contributed by atoms with Crippen LogP contribution in [0.15, 0.2) is 65.4 Å². The predicted molar refractivity (Wildman–Crippen MR) is 86.8 cm³/mol. The lowest BCUT2D eigenvalue weighted by molar-refractivity contribution is 0.220. The molecule has 3 nitrogen and oxygen atoms in total. The van der Waals surface area contributed by atoms with Crippen LogP contribution in [0, 0.1) is 0 Å². The molecule has 1 heterocycles. The van der Waals surface area contributed by atoms with E-state index in [0.29, 0.717) is 5.02 Å². The van der Waals surface area contributed by atoms with Crippen LogP contribution in [-0.4, -0.2) is 14.9 Å². The number of hydrogen-bond donors (Lipinski definition) is 1. The SMILES string of the molecule is OC(c1ccc(Cl)c(Br)c1)c1cnn(-c2ccccc2)c1. The van der Waals surface area contributed by atoms with Gasteiger partial charge in [-0.15, -0.1) is 0 Å². The molecule has 0 amide bonds. The Hall–Kier alpha value is -1.62. The molecule has 0 spiro atoms. The predicted octanol–water partition coefficient (Wildman–Crippen LogP) is 4.37. The minimum Gasteiger partial charge on any atom is -0.384 e. The van der Waals surface area contributed by atoms with Crippen LogP contribution in [0.25, 0.3) is 5.69 Å². The first kappa shape index (κ1) is 14.3. The highest BCUT2D eigenvalue weighted by molar-refractivity contribution is 9.10. The summed E-state index contributed by atoms with van der Waals surface area (Å²) < 4.78 is 2.50. The summed E-state index contributed by atoms with van der Waals surface area (Å²) in [4.78, 5) is 0. The topological polar surface area (TPSA) is 38.1 Å². The third kappa shape index (κ3) is 3.02. The van der Waals surface area contributed by atoms with Gasteiger partial charge in [0.25, 0.3) is 0 Å². The number of rotatable bonds is 3. The molecule has 3 aromatic rings. The van der Waals surface area contributed by atoms with Crippen molar-refractivity contribution in [2.75, 3.05) is 0 Å². The summed E-state index contributed by atoms with van der Waals surface area (Å²) >= 11 is 9.34. The van der Waals surface area contributed by atoms with Crippen LogP contribution in [0.5, 0.6) is 0 Å². The van der Waals surface area contributed by atoms with Gasteiger partial charge in [0, 0.05) is 16.2 Å². The molecule has 0 saturated carbocycles. The standard InChI is InChI=1S/C16H12BrClN2O/c17-14-8-11(6-7-15(14)18)16(21)12-9-19-20(10-12)13-4-2-1-3-5-13/h1-10,16,21H. The Labute approximate surface area is 135 Å². The third-order valence-electron chi connectivity index (χ3n) is 3.20. The third-order valence-corrected chi connectivity index (χ3v) is 4.41. The summed E-state index contributed by atoms with van der Waals surface area (Å²) in [5, 5.41) is 15.4. The molecule has 0 aliphatic rings. The van der Waals surface area contributed by atoms with Crippen LogP contribution >= 0.6 is 27.5 Å². The van der Waals surface area contributed by atoms with Crippen LogP contribution in [0.3, 0.4) is 0 Å². The summed E-state index contributed by atoms with van der Waals surface area (Å²) in [6, 6.07) is 15.1. The Kier molecular flexibility index (Phi) is 4.10. The van der Waals surface area contributed by atoms with Crippen molar-refractivity contribution in [1.82, 2.24) is 9.78 Å². The summed E-state index contributed by atoms with van der Waals surface area (Å²) in [5.41, 5.74) is 2.44. The van der Waals surface area contributed by atoms with E-state index in [1.165, 1.54) is 0 Å². The highest BCUT2D eigenvalue weighted by Crippen LogP contribution is 2.29. The Balaban J connectivity index is 1.90. The molecule has 0 aliphatic heterocycles. The Morgan fingerprint density at radius 3 is 2.57 bits per heavy atom. The second-order valence-electron chi connectivity index (χ2n) is 4.63. The van der Waals surface area contributed by atoms with E-state index >= 15 is 0 Å². The first-order chi connectivity index (χ1) is 10.1. The number of halogens is 2. The van der Waals surface area contributed by atoms with E-state index in [1.807, 2.05) is 42.6 Å². The lowest BCUT2D eigenvalue weighted by Crippen LogP contribution is -1.98. The molecular formula is C16H12BrClN2O. The average molecular weight is 364 g/mol. The van der Waals surface area contributed by atoms with E-state index in [2.05, 4.69) is 21.0 Å². The summed E-state index contributed by atoms with van der Waals surface area (Å²) in [5.74, 6) is 0. The zero-order valence-electron chi connectivity index (χ0n) is 10.9. The number of nitrogens with zero attached hydrogens (tertiary/aromatic N) is 2. The van der Waals surface area contributed by atoms with E-state index in [1.54, 1.807) is 23.0 Å². The van der Waals surface area contributed by atoms with Gasteiger partial charge in [0.15, 0.2) is 0 Å². The molecule has 0 radical (unpaired) electrons. The van der Waals surface area contributed by atoms with Crippen LogP contribution in [0.1, 0.15) is 17.2 Å². The fourth-order valence-corrected chi connectivity index (χ4v) is 2.59. The lowest BCUT2D eigenvalue weighted by atomic mass is 10.1. The highest BCUT2D eigenvalue weighted by atomic mass is 79.9. The fourth-order valence-electron chi connectivity index (χ4n) is 2.07. The van der Waals surface area contributed by atoms with E-state index in [0.717, 1.165) is 21.3 Å². The number of para-hydroxylation sites is 1. The second kappa shape index (κ2) is 6.02. The van der Waals surface area contributed by atoms with Gasteiger partial charge in [-0.2, -0.15) is 5.10 Å². The van der Waals surface area contributed by atoms with Crippen molar-refractivity contribution in [3.8, 4) is 5.69 Å². The normalized spacial score (nSPS) is 12.3. The molecule has 3 rings (SSSR count). The smallest absolute Gasteiger partial charge is 0.107 e. The second-order valence-corrected chi connectivity index (χ2v) is 5.89. The first-order valence-electron chi connectivity index (χ1n) is 6.38. The van der Waals surface area contributed by atoms with Gasteiger partial charge in [0.05, 0.1) is 16.9 Å². The van der Waals surface area contributed by atoms with Crippen molar-refractivity contribution in [2.45, 2.75) is 6.10 Å². The minimum absolute atomic E-state index is 0.617. The summed E-state index contributed by atoms with van der Waals surface area (Å²) in [6.45, 7) is 0. The van der Waals surface area contributed by atoms with Gasteiger partial charge in [0.1, 0.15) is 6.10 Å². The van der Waals surface area contributed by atoms with Crippen molar-refractivity contribution in [1.29, 1.82) is 0 Å². The molecule has 1 unspecified atom stereocenters. The van der Waals surface area contributed by atoms with Crippen molar-refractivity contribution in [2.24, 2.45) is 0 Å². The zero-order chi connectivity index (χ0) is 14.8. The number of aliphatic hydroxyl groups is 1. The van der Waals surface area contributed by atoms with Gasteiger partial charge < -0.3 is 5.11 Å². The maximum absolute atomic E-state index is 10.5. The highest BCUT2D eigenvalue weighted by Gasteiger charge is 2.14. The molecule has 0 bridgehead atoms. The van der Waals surface area contributed by atoms with E-state index in [-0.39, 0.29) is 0 Å². The Morgan fingerprint density at radius 1 is 1.10 bits per heavy atom. The molecule has 0 aliphatic carbocycles. The molecule has 0 saturated heterocycles. The van der Waals surface area contributed by atoms with Gasteiger partial charge >= 0.3 is 0 Å². The Bertz CT molecular complexity index is 758. The van der Waals surface area contributed by atoms with Crippen molar-refractivity contribution >= 4 is 27.5 Å². The maximum atomic E-state index is 10.5. The fraction of sp³-hybridized carbons (Fsp3) is 0.0625. The van der Waals surface area contributed by atoms with Crippen molar-refractivity contribution < 1.29 is 5.11 Å². The van der Waals surface area contributed by atoms with Crippen LogP contribution < -0.4 is 0 Å².